The number of halogens is 1. The molecule has 1 saturated heterocycles. The van der Waals surface area contributed by atoms with Crippen LogP contribution in [0.1, 0.15) is 23.5 Å². The fourth-order valence-corrected chi connectivity index (χ4v) is 2.94. The van der Waals surface area contributed by atoms with Gasteiger partial charge in [-0.25, -0.2) is 0 Å². The zero-order chi connectivity index (χ0) is 12.3. The van der Waals surface area contributed by atoms with E-state index >= 15 is 0 Å². The Kier molecular flexibility index (Phi) is 4.42. The van der Waals surface area contributed by atoms with E-state index in [4.69, 9.17) is 9.47 Å². The van der Waals surface area contributed by atoms with E-state index in [1.807, 2.05) is 6.07 Å². The highest BCUT2D eigenvalue weighted by atomic mass is 79.9. The van der Waals surface area contributed by atoms with Gasteiger partial charge in [0.15, 0.2) is 0 Å². The number of benzene rings is 1. The van der Waals surface area contributed by atoms with Gasteiger partial charge in [0.1, 0.15) is 5.75 Å². The van der Waals surface area contributed by atoms with E-state index in [9.17, 15) is 0 Å². The summed E-state index contributed by atoms with van der Waals surface area (Å²) in [4.78, 5) is 0. The minimum Gasteiger partial charge on any atom is -0.496 e. The maximum absolute atomic E-state index is 5.51. The molecule has 4 heteroatoms. The van der Waals surface area contributed by atoms with Gasteiger partial charge in [-0.3, -0.25) is 0 Å². The van der Waals surface area contributed by atoms with Gasteiger partial charge in [-0.15, -0.1) is 0 Å². The quantitative estimate of drug-likeness (QED) is 0.927. The number of methoxy groups -OCH3 is 2. The van der Waals surface area contributed by atoms with Crippen molar-refractivity contribution in [3.63, 3.8) is 0 Å². The van der Waals surface area contributed by atoms with Crippen LogP contribution in [0.15, 0.2) is 16.6 Å². The molecule has 1 aliphatic heterocycles. The van der Waals surface area contributed by atoms with Crippen molar-refractivity contribution >= 4 is 15.9 Å². The summed E-state index contributed by atoms with van der Waals surface area (Å²) in [5, 5.41) is 3.40. The van der Waals surface area contributed by atoms with Gasteiger partial charge >= 0.3 is 0 Å². The zero-order valence-electron chi connectivity index (χ0n) is 10.3. The van der Waals surface area contributed by atoms with Crippen LogP contribution in [0.5, 0.6) is 5.75 Å². The van der Waals surface area contributed by atoms with Crippen LogP contribution in [0.3, 0.4) is 0 Å². The van der Waals surface area contributed by atoms with Crippen molar-refractivity contribution in [3.8, 4) is 5.75 Å². The summed E-state index contributed by atoms with van der Waals surface area (Å²) in [6, 6.07) is 4.16. The first-order valence-corrected chi connectivity index (χ1v) is 6.61. The normalized spacial score (nSPS) is 19.6. The maximum Gasteiger partial charge on any atom is 0.123 e. The number of rotatable bonds is 4. The first kappa shape index (κ1) is 12.9. The van der Waals surface area contributed by atoms with Gasteiger partial charge in [0.25, 0.3) is 0 Å². The second kappa shape index (κ2) is 5.85. The van der Waals surface area contributed by atoms with Crippen LogP contribution in [0.25, 0.3) is 0 Å². The van der Waals surface area contributed by atoms with Crippen LogP contribution in [0.2, 0.25) is 0 Å². The van der Waals surface area contributed by atoms with Crippen LogP contribution in [-0.2, 0) is 11.3 Å². The molecule has 0 amide bonds. The molecule has 1 unspecified atom stereocenters. The van der Waals surface area contributed by atoms with Crippen LogP contribution in [-0.4, -0.2) is 27.3 Å². The predicted molar refractivity (Wildman–Crippen MR) is 71.6 cm³/mol. The summed E-state index contributed by atoms with van der Waals surface area (Å²) >= 11 is 3.52. The first-order valence-electron chi connectivity index (χ1n) is 5.82. The van der Waals surface area contributed by atoms with E-state index in [2.05, 4.69) is 27.3 Å². The molecule has 1 fully saturated rings. The number of nitrogens with one attached hydrogen (secondary N) is 1. The highest BCUT2D eigenvalue weighted by molar-refractivity contribution is 9.10. The third kappa shape index (κ3) is 2.81. The van der Waals surface area contributed by atoms with E-state index in [1.54, 1.807) is 14.2 Å². The van der Waals surface area contributed by atoms with Gasteiger partial charge < -0.3 is 14.8 Å². The molecule has 3 nitrogen and oxygen atoms in total. The van der Waals surface area contributed by atoms with Crippen LogP contribution in [0.4, 0.5) is 0 Å². The molecule has 1 aromatic rings. The van der Waals surface area contributed by atoms with E-state index in [0.717, 1.165) is 29.7 Å². The van der Waals surface area contributed by atoms with Gasteiger partial charge in [0.05, 0.1) is 13.7 Å². The van der Waals surface area contributed by atoms with Crippen molar-refractivity contribution < 1.29 is 9.47 Å². The molecule has 17 heavy (non-hydrogen) atoms. The molecule has 0 aromatic heterocycles. The molecule has 0 saturated carbocycles. The lowest BCUT2D eigenvalue weighted by molar-refractivity contribution is 0.183. The molecule has 0 aliphatic carbocycles. The molecule has 1 N–H and O–H groups in total. The molecular formula is C13H18BrNO2. The summed E-state index contributed by atoms with van der Waals surface area (Å²) in [6.07, 6.45) is 1.16. The molecule has 0 bridgehead atoms. The molecule has 0 spiro atoms. The minimum absolute atomic E-state index is 0.531. The van der Waals surface area contributed by atoms with E-state index in [0.29, 0.717) is 12.5 Å². The summed E-state index contributed by atoms with van der Waals surface area (Å²) in [5.41, 5.74) is 2.51. The van der Waals surface area contributed by atoms with Gasteiger partial charge in [0, 0.05) is 29.6 Å². The Labute approximate surface area is 111 Å². The molecule has 1 aliphatic rings. The van der Waals surface area contributed by atoms with Gasteiger partial charge in [-0.05, 0) is 30.7 Å². The lowest BCUT2D eigenvalue weighted by atomic mass is 9.92. The molecule has 1 atom stereocenters. The number of hydrogen-bond acceptors (Lipinski definition) is 3. The van der Waals surface area contributed by atoms with E-state index < -0.39 is 0 Å². The molecule has 1 heterocycles. The summed E-state index contributed by atoms with van der Waals surface area (Å²) in [5.74, 6) is 1.49. The second-order valence-corrected chi connectivity index (χ2v) is 5.22. The average Bonchev–Trinajstić information content (AvgIpc) is 2.82. The maximum atomic E-state index is 5.51. The van der Waals surface area contributed by atoms with Crippen LogP contribution < -0.4 is 10.1 Å². The van der Waals surface area contributed by atoms with Crippen LogP contribution >= 0.6 is 15.9 Å². The van der Waals surface area contributed by atoms with Gasteiger partial charge in [-0.2, -0.15) is 0 Å². The second-order valence-electron chi connectivity index (χ2n) is 4.30. The SMILES string of the molecule is COCc1cc(Br)cc(OC)c1C1CCNC1. The fourth-order valence-electron chi connectivity index (χ4n) is 2.46. The van der Waals surface area contributed by atoms with Crippen LogP contribution in [0, 0.1) is 0 Å². The first-order chi connectivity index (χ1) is 8.26. The highest BCUT2D eigenvalue weighted by Crippen LogP contribution is 2.36. The fraction of sp³-hybridized carbons (Fsp3) is 0.538. The Bertz CT molecular complexity index is 389. The highest BCUT2D eigenvalue weighted by Gasteiger charge is 2.23. The van der Waals surface area contributed by atoms with E-state index in [1.165, 1.54) is 11.1 Å². The lowest BCUT2D eigenvalue weighted by Crippen LogP contribution is -2.11. The topological polar surface area (TPSA) is 30.5 Å². The minimum atomic E-state index is 0.531. The smallest absolute Gasteiger partial charge is 0.123 e. The van der Waals surface area contributed by atoms with Crippen molar-refractivity contribution in [2.45, 2.75) is 18.9 Å². The third-order valence-corrected chi connectivity index (χ3v) is 3.64. The Morgan fingerprint density at radius 1 is 1.41 bits per heavy atom. The number of hydrogen-bond donors (Lipinski definition) is 1. The Morgan fingerprint density at radius 3 is 2.82 bits per heavy atom. The Hall–Kier alpha value is -0.580. The van der Waals surface area contributed by atoms with Gasteiger partial charge in [-0.1, -0.05) is 15.9 Å². The largest absolute Gasteiger partial charge is 0.496 e. The van der Waals surface area contributed by atoms with Crippen molar-refractivity contribution in [1.82, 2.24) is 5.32 Å². The Balaban J connectivity index is 2.43. The molecular weight excluding hydrogens is 282 g/mol. The lowest BCUT2D eigenvalue weighted by Gasteiger charge is -2.19. The zero-order valence-corrected chi connectivity index (χ0v) is 11.8. The number of ether oxygens (including phenoxy) is 2. The molecule has 2 rings (SSSR count). The third-order valence-electron chi connectivity index (χ3n) is 3.18. The van der Waals surface area contributed by atoms with E-state index in [-0.39, 0.29) is 0 Å². The standard InChI is InChI=1S/C13H18BrNO2/c1-16-8-10-5-11(14)6-12(17-2)13(10)9-3-4-15-7-9/h5-6,9,15H,3-4,7-8H2,1-2H3. The summed E-state index contributed by atoms with van der Waals surface area (Å²) < 4.78 is 11.8. The molecule has 94 valence electrons. The average molecular weight is 300 g/mol. The van der Waals surface area contributed by atoms with Crippen molar-refractivity contribution in [2.24, 2.45) is 0 Å². The Morgan fingerprint density at radius 2 is 2.24 bits per heavy atom. The monoisotopic (exact) mass is 299 g/mol. The summed E-state index contributed by atoms with van der Waals surface area (Å²) in [7, 11) is 3.45. The molecule has 0 radical (unpaired) electrons. The van der Waals surface area contributed by atoms with Gasteiger partial charge in [0.2, 0.25) is 0 Å². The summed E-state index contributed by atoms with van der Waals surface area (Å²) in [6.45, 7) is 2.73. The van der Waals surface area contributed by atoms with Crippen molar-refractivity contribution in [2.75, 3.05) is 27.3 Å². The predicted octanol–water partition coefficient (Wildman–Crippen LogP) is 2.68. The molecule has 1 aromatic carbocycles. The van der Waals surface area contributed by atoms with Crippen molar-refractivity contribution in [3.05, 3.63) is 27.7 Å². The van der Waals surface area contributed by atoms with Crippen molar-refractivity contribution in [1.29, 1.82) is 0 Å².